The largest absolute Gasteiger partial charge is 2.00 e. The zero-order valence-electron chi connectivity index (χ0n) is 16.9. The summed E-state index contributed by atoms with van der Waals surface area (Å²) >= 11 is 6.60. The molecule has 0 bridgehead atoms. The van der Waals surface area contributed by atoms with Gasteiger partial charge >= 0.3 is 23.1 Å². The van der Waals surface area contributed by atoms with Crippen molar-refractivity contribution in [1.29, 1.82) is 5.26 Å². The topological polar surface area (TPSA) is 40.9 Å². The van der Waals surface area contributed by atoms with Crippen LogP contribution in [0.3, 0.4) is 0 Å². The van der Waals surface area contributed by atoms with Crippen molar-refractivity contribution in [2.24, 2.45) is 11.8 Å². The third-order valence-corrected chi connectivity index (χ3v) is 3.79. The fourth-order valence-electron chi connectivity index (χ4n) is 1.65. The molecule has 0 radical (unpaired) electrons. The number of hydrogen-bond donors (Lipinski definition) is 0. The van der Waals surface area contributed by atoms with E-state index in [0.717, 1.165) is 14.5 Å². The van der Waals surface area contributed by atoms with Gasteiger partial charge in [0, 0.05) is 20.9 Å². The second kappa shape index (κ2) is 18.8. The molecule has 0 aliphatic carbocycles. The predicted molar refractivity (Wildman–Crippen MR) is 123 cm³/mol. The summed E-state index contributed by atoms with van der Waals surface area (Å²) in [6, 6.07) is 16.8. The van der Waals surface area contributed by atoms with Gasteiger partial charge < -0.3 is 23.9 Å². The minimum Gasteiger partial charge on any atom is -1.00 e. The van der Waals surface area contributed by atoms with Gasteiger partial charge in [0.2, 0.25) is 0 Å². The molecule has 0 aromatic heterocycles. The number of Topliss-reactive ketones (excluding diaryl/α,β-unsaturated/α-hetero) is 1. The van der Waals surface area contributed by atoms with Crippen molar-refractivity contribution < 1.29 is 21.8 Å². The number of halogens is 3. The average Bonchev–Trinajstić information content (AvgIpc) is 2.55. The van der Waals surface area contributed by atoms with E-state index < -0.39 is 0 Å². The van der Waals surface area contributed by atoms with E-state index in [1.54, 1.807) is 12.1 Å². The van der Waals surface area contributed by atoms with Crippen LogP contribution >= 0.6 is 31.9 Å². The quantitative estimate of drug-likeness (QED) is 0.310. The Morgan fingerprint density at radius 3 is 1.64 bits per heavy atom. The Labute approximate surface area is 213 Å². The smallest absolute Gasteiger partial charge is 1.00 e. The fraction of sp³-hybridized carbons (Fsp3) is 0.318. The molecular formula is C22H26Br3MgNO. The van der Waals surface area contributed by atoms with Crippen LogP contribution in [0, 0.1) is 30.1 Å². The maximum absolute atomic E-state index is 11.6. The van der Waals surface area contributed by atoms with Gasteiger partial charge in [0.25, 0.3) is 0 Å². The number of carbonyl (C=O) groups is 1. The Balaban J connectivity index is -0.000000366. The number of hydrogen-bond acceptors (Lipinski definition) is 2. The van der Waals surface area contributed by atoms with Gasteiger partial charge in [-0.2, -0.15) is 11.2 Å². The Morgan fingerprint density at radius 2 is 1.32 bits per heavy atom. The standard InChI is InChI=1S/C11H13BrO.C7H4BrN.C4H9.BrH.Mg/c1-8(2)7-11(13)9-3-5-10(12)6-4-9;8-7-3-1-6(5-9)2-4-7;1-4(2)3;;/h3-6,8H,7H2,1-2H3;1-4H;4H,1H2,2-3H3;1H;/q;;-1;;+2/p-1. The molecule has 6 heteroatoms. The molecule has 148 valence electrons. The first kappa shape index (κ1) is 32.5. The number of nitrogens with zero attached hydrogens (tertiary/aromatic N) is 1. The van der Waals surface area contributed by atoms with Gasteiger partial charge in [0.1, 0.15) is 0 Å². The summed E-state index contributed by atoms with van der Waals surface area (Å²) in [4.78, 5) is 11.6. The van der Waals surface area contributed by atoms with Crippen molar-refractivity contribution in [2.45, 2.75) is 34.1 Å². The summed E-state index contributed by atoms with van der Waals surface area (Å²) in [7, 11) is 0. The van der Waals surface area contributed by atoms with Gasteiger partial charge in [-0.3, -0.25) is 4.79 Å². The predicted octanol–water partition coefficient (Wildman–Crippen LogP) is 4.10. The van der Waals surface area contributed by atoms with Crippen molar-refractivity contribution in [2.75, 3.05) is 0 Å². The van der Waals surface area contributed by atoms with Crippen molar-refractivity contribution in [3.05, 3.63) is 75.5 Å². The Bertz CT molecular complexity index is 690. The van der Waals surface area contributed by atoms with Crippen LogP contribution in [0.1, 0.15) is 50.0 Å². The van der Waals surface area contributed by atoms with Gasteiger partial charge in [0.05, 0.1) is 11.6 Å². The second-order valence-electron chi connectivity index (χ2n) is 6.54. The first-order valence-electron chi connectivity index (χ1n) is 8.43. The maximum atomic E-state index is 11.6. The average molecular weight is 584 g/mol. The molecule has 28 heavy (non-hydrogen) atoms. The molecule has 2 rings (SSSR count). The molecule has 0 N–H and O–H groups in total. The van der Waals surface area contributed by atoms with Gasteiger partial charge in [0.15, 0.2) is 5.78 Å². The second-order valence-corrected chi connectivity index (χ2v) is 8.37. The van der Waals surface area contributed by atoms with Crippen LogP contribution in [0.4, 0.5) is 0 Å². The first-order valence-corrected chi connectivity index (χ1v) is 10.0. The minimum atomic E-state index is 0. The first-order chi connectivity index (χ1) is 12.1. The number of carbonyl (C=O) groups excluding carboxylic acids is 1. The summed E-state index contributed by atoms with van der Waals surface area (Å²) in [5, 5.41) is 8.36. The van der Waals surface area contributed by atoms with Crippen LogP contribution in [-0.4, -0.2) is 28.8 Å². The van der Waals surface area contributed by atoms with Crippen LogP contribution in [0.2, 0.25) is 0 Å². The number of rotatable bonds is 3. The van der Waals surface area contributed by atoms with E-state index in [9.17, 15) is 4.79 Å². The van der Waals surface area contributed by atoms with E-state index in [1.807, 2.05) is 42.5 Å². The van der Waals surface area contributed by atoms with E-state index >= 15 is 0 Å². The zero-order valence-corrected chi connectivity index (χ0v) is 23.1. The van der Waals surface area contributed by atoms with E-state index in [4.69, 9.17) is 5.26 Å². The summed E-state index contributed by atoms with van der Waals surface area (Å²) in [6.45, 7) is 11.9. The van der Waals surface area contributed by atoms with Crippen LogP contribution in [0.15, 0.2) is 57.5 Å². The van der Waals surface area contributed by atoms with E-state index in [-0.39, 0.29) is 45.8 Å². The zero-order chi connectivity index (χ0) is 20.1. The SMILES string of the molecule is CC(C)CC(=O)c1ccc(Br)cc1.N#Cc1ccc(Br)cc1.[Br-].[CH2-]C(C)C.[Mg+2]. The maximum Gasteiger partial charge on any atom is 2.00 e. The number of ketones is 1. The van der Waals surface area contributed by atoms with Crippen LogP contribution < -0.4 is 17.0 Å². The normalized spacial score (nSPS) is 8.86. The molecule has 0 heterocycles. The molecule has 0 atom stereocenters. The Morgan fingerprint density at radius 1 is 0.964 bits per heavy atom. The Kier molecular flexibility index (Phi) is 21.8. The molecule has 0 aliphatic heterocycles. The molecule has 0 spiro atoms. The van der Waals surface area contributed by atoms with Gasteiger partial charge in [-0.1, -0.05) is 71.7 Å². The molecule has 0 amide bonds. The van der Waals surface area contributed by atoms with Crippen LogP contribution in [0.25, 0.3) is 0 Å². The summed E-state index contributed by atoms with van der Waals surface area (Å²) in [5.41, 5.74) is 1.50. The fourth-order valence-corrected chi connectivity index (χ4v) is 2.18. The van der Waals surface area contributed by atoms with E-state index in [0.29, 0.717) is 23.8 Å². The molecule has 0 saturated carbocycles. The number of nitriles is 1. The third-order valence-electron chi connectivity index (χ3n) is 2.73. The van der Waals surface area contributed by atoms with E-state index in [1.165, 1.54) is 0 Å². The molecule has 0 aliphatic rings. The van der Waals surface area contributed by atoms with Crippen molar-refractivity contribution >= 4 is 60.7 Å². The van der Waals surface area contributed by atoms with Crippen molar-refractivity contribution in [1.82, 2.24) is 0 Å². The summed E-state index contributed by atoms with van der Waals surface area (Å²) in [6.07, 6.45) is 0.627. The van der Waals surface area contributed by atoms with Gasteiger partial charge in [-0.15, -0.1) is 0 Å². The molecule has 0 saturated heterocycles. The molecular weight excluding hydrogens is 558 g/mol. The van der Waals surface area contributed by atoms with Crippen LogP contribution in [-0.2, 0) is 0 Å². The molecule has 2 aromatic rings. The summed E-state index contributed by atoms with van der Waals surface area (Å²) in [5.74, 6) is 1.23. The monoisotopic (exact) mass is 581 g/mol. The van der Waals surface area contributed by atoms with Crippen molar-refractivity contribution in [3.63, 3.8) is 0 Å². The minimum absolute atomic E-state index is 0. The van der Waals surface area contributed by atoms with Gasteiger partial charge in [-0.25, -0.2) is 0 Å². The number of benzene rings is 2. The summed E-state index contributed by atoms with van der Waals surface area (Å²) < 4.78 is 2.01. The molecule has 2 aromatic carbocycles. The Hall–Kier alpha value is -0.194. The molecule has 0 unspecified atom stereocenters. The van der Waals surface area contributed by atoms with Crippen LogP contribution in [0.5, 0.6) is 0 Å². The third kappa shape index (κ3) is 17.9. The van der Waals surface area contributed by atoms with E-state index in [2.05, 4.69) is 66.5 Å². The molecule has 2 nitrogen and oxygen atoms in total. The van der Waals surface area contributed by atoms with Crippen molar-refractivity contribution in [3.8, 4) is 6.07 Å². The molecule has 0 fully saturated rings. The van der Waals surface area contributed by atoms with Gasteiger partial charge in [-0.05, 0) is 42.3 Å².